The maximum absolute atomic E-state index is 12.9. The van der Waals surface area contributed by atoms with E-state index in [1.54, 1.807) is 36.1 Å². The van der Waals surface area contributed by atoms with Crippen molar-refractivity contribution in [3.05, 3.63) is 58.7 Å². The average Bonchev–Trinajstić information content (AvgIpc) is 3.03. The molecule has 2 aromatic carbocycles. The van der Waals surface area contributed by atoms with Crippen molar-refractivity contribution >= 4 is 29.2 Å². The number of ether oxygens (including phenoxy) is 1. The van der Waals surface area contributed by atoms with E-state index in [-0.39, 0.29) is 24.8 Å². The van der Waals surface area contributed by atoms with Crippen LogP contribution in [0.3, 0.4) is 0 Å². The van der Waals surface area contributed by atoms with E-state index in [9.17, 15) is 14.4 Å². The van der Waals surface area contributed by atoms with Crippen LogP contribution in [0.25, 0.3) is 0 Å². The number of benzene rings is 2. The molecule has 0 aromatic heterocycles. The summed E-state index contributed by atoms with van der Waals surface area (Å²) in [5, 5.41) is 2.80. The molecule has 3 rings (SSSR count). The molecule has 2 amide bonds. The first-order valence-electron chi connectivity index (χ1n) is 9.77. The molecular weight excluding hydrogens is 368 g/mol. The van der Waals surface area contributed by atoms with Gasteiger partial charge in [0.2, 0.25) is 11.8 Å². The maximum Gasteiger partial charge on any atom is 0.340 e. The van der Waals surface area contributed by atoms with Crippen molar-refractivity contribution < 1.29 is 19.1 Å². The number of hydrogen-bond donors (Lipinski definition) is 1. The third kappa shape index (κ3) is 4.31. The molecule has 1 atom stereocenters. The van der Waals surface area contributed by atoms with E-state index in [1.165, 1.54) is 0 Å². The summed E-state index contributed by atoms with van der Waals surface area (Å²) in [7, 11) is 0. The Bertz CT molecular complexity index is 944. The second kappa shape index (κ2) is 8.47. The minimum atomic E-state index is -0.488. The molecule has 1 fully saturated rings. The van der Waals surface area contributed by atoms with E-state index in [1.807, 2.05) is 32.9 Å². The highest BCUT2D eigenvalue weighted by atomic mass is 16.5. The fourth-order valence-corrected chi connectivity index (χ4v) is 3.91. The Morgan fingerprint density at radius 3 is 2.45 bits per heavy atom. The summed E-state index contributed by atoms with van der Waals surface area (Å²) in [5.41, 5.74) is 4.75. The standard InChI is InChI=1S/C23H26N2O4/c1-5-29-23(28)18-8-6-7-9-19(18)24-22(27)17-12-20(26)25(13-17)21-15(3)10-14(2)11-16(21)4/h6-11,17H,5,12-13H2,1-4H3,(H,24,27). The lowest BCUT2D eigenvalue weighted by molar-refractivity contribution is -0.122. The molecule has 2 aromatic rings. The fraction of sp³-hybridized carbons (Fsp3) is 0.348. The quantitative estimate of drug-likeness (QED) is 0.783. The highest BCUT2D eigenvalue weighted by Crippen LogP contribution is 2.32. The second-order valence-electron chi connectivity index (χ2n) is 7.41. The van der Waals surface area contributed by atoms with Crippen LogP contribution in [0.5, 0.6) is 0 Å². The smallest absolute Gasteiger partial charge is 0.340 e. The minimum absolute atomic E-state index is 0.0705. The molecule has 1 aliphatic rings. The zero-order chi connectivity index (χ0) is 21.1. The number of para-hydroxylation sites is 1. The predicted molar refractivity (Wildman–Crippen MR) is 112 cm³/mol. The molecule has 0 spiro atoms. The van der Waals surface area contributed by atoms with Gasteiger partial charge in [0.1, 0.15) is 0 Å². The molecule has 6 nitrogen and oxygen atoms in total. The first-order chi connectivity index (χ1) is 13.8. The van der Waals surface area contributed by atoms with Crippen molar-refractivity contribution in [2.75, 3.05) is 23.4 Å². The van der Waals surface area contributed by atoms with Crippen LogP contribution in [-0.2, 0) is 14.3 Å². The molecule has 29 heavy (non-hydrogen) atoms. The van der Waals surface area contributed by atoms with Crippen LogP contribution in [0.2, 0.25) is 0 Å². The van der Waals surface area contributed by atoms with Crippen LogP contribution in [-0.4, -0.2) is 30.9 Å². The molecule has 1 aliphatic heterocycles. The van der Waals surface area contributed by atoms with Gasteiger partial charge in [0, 0.05) is 18.7 Å². The Hall–Kier alpha value is -3.15. The number of carbonyl (C=O) groups is 3. The summed E-state index contributed by atoms with van der Waals surface area (Å²) in [4.78, 5) is 39.3. The van der Waals surface area contributed by atoms with Gasteiger partial charge in [-0.25, -0.2) is 4.79 Å². The van der Waals surface area contributed by atoms with E-state index < -0.39 is 11.9 Å². The lowest BCUT2D eigenvalue weighted by Gasteiger charge is -2.22. The van der Waals surface area contributed by atoms with E-state index in [4.69, 9.17) is 4.74 Å². The largest absolute Gasteiger partial charge is 0.462 e. The maximum atomic E-state index is 12.9. The predicted octanol–water partition coefficient (Wildman–Crippen LogP) is 3.78. The van der Waals surface area contributed by atoms with Crippen LogP contribution in [0.1, 0.15) is 40.4 Å². The van der Waals surface area contributed by atoms with Crippen LogP contribution in [0, 0.1) is 26.7 Å². The molecule has 0 saturated carbocycles. The Balaban J connectivity index is 1.78. The van der Waals surface area contributed by atoms with Gasteiger partial charge in [-0.1, -0.05) is 29.8 Å². The van der Waals surface area contributed by atoms with E-state index in [0.29, 0.717) is 17.8 Å². The van der Waals surface area contributed by atoms with Crippen LogP contribution in [0.15, 0.2) is 36.4 Å². The van der Waals surface area contributed by atoms with Crippen LogP contribution < -0.4 is 10.2 Å². The number of aryl methyl sites for hydroxylation is 3. The Labute approximate surface area is 170 Å². The van der Waals surface area contributed by atoms with E-state index in [0.717, 1.165) is 22.4 Å². The molecule has 0 aliphatic carbocycles. The number of esters is 1. The van der Waals surface area contributed by atoms with Gasteiger partial charge in [-0.15, -0.1) is 0 Å². The molecule has 0 bridgehead atoms. The van der Waals surface area contributed by atoms with Crippen molar-refractivity contribution in [3.63, 3.8) is 0 Å². The molecular formula is C23H26N2O4. The van der Waals surface area contributed by atoms with Gasteiger partial charge in [-0.3, -0.25) is 9.59 Å². The van der Waals surface area contributed by atoms with Gasteiger partial charge in [0.15, 0.2) is 0 Å². The zero-order valence-electron chi connectivity index (χ0n) is 17.2. The highest BCUT2D eigenvalue weighted by molar-refractivity contribution is 6.06. The summed E-state index contributed by atoms with van der Waals surface area (Å²) in [6.07, 6.45) is 0.139. The van der Waals surface area contributed by atoms with Crippen molar-refractivity contribution in [2.24, 2.45) is 5.92 Å². The number of amides is 2. The van der Waals surface area contributed by atoms with Crippen LogP contribution in [0.4, 0.5) is 11.4 Å². The molecule has 0 radical (unpaired) electrons. The van der Waals surface area contributed by atoms with E-state index >= 15 is 0 Å². The number of rotatable bonds is 5. The van der Waals surface area contributed by atoms with Crippen LogP contribution >= 0.6 is 0 Å². The normalized spacial score (nSPS) is 16.1. The van der Waals surface area contributed by atoms with Gasteiger partial charge in [0.05, 0.1) is 23.8 Å². The van der Waals surface area contributed by atoms with Crippen molar-refractivity contribution in [1.29, 1.82) is 0 Å². The summed E-state index contributed by atoms with van der Waals surface area (Å²) in [6.45, 7) is 8.27. The van der Waals surface area contributed by atoms with Crippen molar-refractivity contribution in [2.45, 2.75) is 34.1 Å². The number of nitrogens with one attached hydrogen (secondary N) is 1. The molecule has 152 valence electrons. The summed E-state index contributed by atoms with van der Waals surface area (Å²) in [6, 6.07) is 10.8. The Morgan fingerprint density at radius 1 is 1.14 bits per heavy atom. The number of hydrogen-bond acceptors (Lipinski definition) is 4. The van der Waals surface area contributed by atoms with Gasteiger partial charge >= 0.3 is 5.97 Å². The average molecular weight is 394 g/mol. The number of anilines is 2. The summed E-state index contributed by atoms with van der Waals surface area (Å²) < 4.78 is 5.05. The molecule has 1 unspecified atom stereocenters. The number of carbonyl (C=O) groups excluding carboxylic acids is 3. The van der Waals surface area contributed by atoms with Gasteiger partial charge < -0.3 is 15.0 Å². The minimum Gasteiger partial charge on any atom is -0.462 e. The first-order valence-corrected chi connectivity index (χ1v) is 9.77. The number of nitrogens with zero attached hydrogens (tertiary/aromatic N) is 1. The zero-order valence-corrected chi connectivity index (χ0v) is 17.2. The van der Waals surface area contributed by atoms with Gasteiger partial charge in [-0.05, 0) is 51.0 Å². The van der Waals surface area contributed by atoms with Crippen molar-refractivity contribution in [1.82, 2.24) is 0 Å². The third-order valence-corrected chi connectivity index (χ3v) is 5.08. The summed E-state index contributed by atoms with van der Waals surface area (Å²) in [5.74, 6) is -1.32. The lowest BCUT2D eigenvalue weighted by Crippen LogP contribution is -2.29. The molecule has 1 heterocycles. The topological polar surface area (TPSA) is 75.7 Å². The SMILES string of the molecule is CCOC(=O)c1ccccc1NC(=O)C1CC(=O)N(c2c(C)cc(C)cc2C)C1. The van der Waals surface area contributed by atoms with Gasteiger partial charge in [0.25, 0.3) is 0 Å². The van der Waals surface area contributed by atoms with Gasteiger partial charge in [-0.2, -0.15) is 0 Å². The van der Waals surface area contributed by atoms with Crippen molar-refractivity contribution in [3.8, 4) is 0 Å². The monoisotopic (exact) mass is 394 g/mol. The molecule has 1 N–H and O–H groups in total. The first kappa shape index (κ1) is 20.6. The third-order valence-electron chi connectivity index (χ3n) is 5.08. The lowest BCUT2D eigenvalue weighted by atomic mass is 10.0. The Morgan fingerprint density at radius 2 is 1.79 bits per heavy atom. The summed E-state index contributed by atoms with van der Waals surface area (Å²) >= 11 is 0. The fourth-order valence-electron chi connectivity index (χ4n) is 3.91. The Kier molecular flexibility index (Phi) is 6.01. The molecule has 6 heteroatoms. The van der Waals surface area contributed by atoms with E-state index in [2.05, 4.69) is 5.32 Å². The molecule has 1 saturated heterocycles. The highest BCUT2D eigenvalue weighted by Gasteiger charge is 2.36. The second-order valence-corrected chi connectivity index (χ2v) is 7.41.